The number of carbonyl (C=O) groups is 7. The third-order valence-electron chi connectivity index (χ3n) is 9.25. The van der Waals surface area contributed by atoms with E-state index < -0.39 is 126 Å². The van der Waals surface area contributed by atoms with Crippen molar-refractivity contribution in [2.75, 3.05) is 66.0 Å². The van der Waals surface area contributed by atoms with Crippen molar-refractivity contribution in [1.29, 1.82) is 0 Å². The van der Waals surface area contributed by atoms with E-state index in [1.54, 1.807) is 46.8 Å². The van der Waals surface area contributed by atoms with Gasteiger partial charge >= 0.3 is 29.8 Å². The average Bonchev–Trinajstić information content (AvgIpc) is 3.61. The molecule has 0 aromatic rings. The Morgan fingerprint density at radius 1 is 0.541 bits per heavy atom. The lowest BCUT2D eigenvalue weighted by Crippen LogP contribution is -2.48. The van der Waals surface area contributed by atoms with Gasteiger partial charge in [-0.2, -0.15) is 0 Å². The number of hydrogen-bond acceptors (Lipinski definition) is 15. The lowest BCUT2D eigenvalue weighted by Gasteiger charge is -2.33. The van der Waals surface area contributed by atoms with E-state index >= 15 is 0 Å². The molecule has 0 aromatic heterocycles. The summed E-state index contributed by atoms with van der Waals surface area (Å²) >= 11 is 13.5. The van der Waals surface area contributed by atoms with Gasteiger partial charge in [0.2, 0.25) is 5.91 Å². The number of imide groups is 1. The van der Waals surface area contributed by atoms with Gasteiger partial charge in [-0.05, 0) is 82.2 Å². The van der Waals surface area contributed by atoms with Gasteiger partial charge in [-0.15, -0.1) is 0 Å². The van der Waals surface area contributed by atoms with E-state index in [9.17, 15) is 33.6 Å². The van der Waals surface area contributed by atoms with Gasteiger partial charge in [0.1, 0.15) is 57.9 Å². The number of nitrogens with zero attached hydrogens (tertiary/aromatic N) is 1. The minimum absolute atomic E-state index is 0.163. The van der Waals surface area contributed by atoms with E-state index in [2.05, 4.69) is 63.7 Å². The molecule has 2 rings (SSSR count). The summed E-state index contributed by atoms with van der Waals surface area (Å²) in [5.74, 6) is -5.95. The molecule has 2 bridgehead atoms. The Balaban J connectivity index is 2.42. The molecule has 1 fully saturated rings. The highest BCUT2D eigenvalue weighted by Crippen LogP contribution is 2.31. The molecule has 2 aliphatic rings. The Kier molecular flexibility index (Phi) is 19.7. The van der Waals surface area contributed by atoms with E-state index in [0.717, 1.165) is 4.90 Å². The van der Waals surface area contributed by atoms with Gasteiger partial charge in [-0.1, -0.05) is 76.7 Å². The van der Waals surface area contributed by atoms with E-state index in [1.165, 1.54) is 20.8 Å². The lowest BCUT2D eigenvalue weighted by molar-refractivity contribution is -0.182. The third kappa shape index (κ3) is 17.2. The molecular formula is C41H61Br4NO15. The largest absolute Gasteiger partial charge is 0.464 e. The smallest absolute Gasteiger partial charge is 0.322 e. The Morgan fingerprint density at radius 3 is 1.28 bits per heavy atom. The van der Waals surface area contributed by atoms with Gasteiger partial charge in [0, 0.05) is 8.65 Å². The molecule has 2 heterocycles. The summed E-state index contributed by atoms with van der Waals surface area (Å²) in [6, 6.07) is 0. The van der Waals surface area contributed by atoms with Crippen molar-refractivity contribution >= 4 is 105 Å². The van der Waals surface area contributed by atoms with Gasteiger partial charge in [-0.3, -0.25) is 38.5 Å². The summed E-state index contributed by atoms with van der Waals surface area (Å²) in [4.78, 5) is 94.6. The lowest BCUT2D eigenvalue weighted by atomic mass is 9.90. The van der Waals surface area contributed by atoms with Crippen LogP contribution < -0.4 is 0 Å². The van der Waals surface area contributed by atoms with Crippen molar-refractivity contribution in [3.63, 3.8) is 0 Å². The number of esters is 5. The van der Waals surface area contributed by atoms with E-state index in [0.29, 0.717) is 0 Å². The molecule has 0 spiro atoms. The Labute approximate surface area is 392 Å². The van der Waals surface area contributed by atoms with E-state index in [4.69, 9.17) is 37.9 Å². The maximum absolute atomic E-state index is 14.0. The molecule has 348 valence electrons. The maximum Gasteiger partial charge on any atom is 0.322 e. The number of hydrogen-bond donors (Lipinski definition) is 0. The zero-order valence-corrected chi connectivity index (χ0v) is 43.4. The fourth-order valence-corrected chi connectivity index (χ4v) is 5.83. The number of carbonyl (C=O) groups excluding carboxylic acids is 7. The summed E-state index contributed by atoms with van der Waals surface area (Å²) in [6.45, 7) is 16.3. The number of fused-ring (bicyclic) bond motifs is 2. The summed E-state index contributed by atoms with van der Waals surface area (Å²) < 4.78 is 42.3. The second-order valence-electron chi connectivity index (χ2n) is 18.5. The summed E-state index contributed by atoms with van der Waals surface area (Å²) in [7, 11) is 0. The minimum Gasteiger partial charge on any atom is -0.464 e. The monoisotopic (exact) mass is 1120 g/mol. The van der Waals surface area contributed by atoms with Crippen LogP contribution in [0.3, 0.4) is 0 Å². The second-order valence-corrected chi connectivity index (χ2v) is 26.8. The van der Waals surface area contributed by atoms with E-state index in [1.807, 2.05) is 27.7 Å². The molecule has 16 nitrogen and oxygen atoms in total. The van der Waals surface area contributed by atoms with Crippen LogP contribution in [-0.4, -0.2) is 142 Å². The molecule has 0 radical (unpaired) electrons. The van der Waals surface area contributed by atoms with Crippen molar-refractivity contribution in [2.45, 2.75) is 113 Å². The van der Waals surface area contributed by atoms with Crippen LogP contribution in [0.4, 0.5) is 0 Å². The van der Waals surface area contributed by atoms with Crippen LogP contribution in [0.1, 0.15) is 83.1 Å². The normalized spacial score (nSPS) is 21.4. The van der Waals surface area contributed by atoms with Crippen molar-refractivity contribution < 1.29 is 71.5 Å². The molecule has 0 saturated carbocycles. The summed E-state index contributed by atoms with van der Waals surface area (Å²) in [6.07, 6.45) is 1.69. The van der Waals surface area contributed by atoms with Gasteiger partial charge < -0.3 is 37.9 Å². The second kappa shape index (κ2) is 21.8. The van der Waals surface area contributed by atoms with Gasteiger partial charge in [0.15, 0.2) is 6.10 Å². The van der Waals surface area contributed by atoms with Crippen molar-refractivity contribution in [1.82, 2.24) is 4.90 Å². The number of alkyl halides is 4. The first-order chi connectivity index (χ1) is 27.6. The van der Waals surface area contributed by atoms with E-state index in [-0.39, 0.29) is 33.0 Å². The molecule has 61 heavy (non-hydrogen) atoms. The first-order valence-electron chi connectivity index (χ1n) is 19.6. The molecule has 2 aliphatic heterocycles. The number of rotatable bonds is 24. The van der Waals surface area contributed by atoms with Crippen molar-refractivity contribution in [2.24, 2.45) is 22.2 Å². The summed E-state index contributed by atoms with van der Waals surface area (Å²) in [5.41, 5.74) is -5.07. The molecule has 2 amide bonds. The highest BCUT2D eigenvalue weighted by atomic mass is 79.9. The zero-order chi connectivity index (χ0) is 47.0. The predicted octanol–water partition coefficient (Wildman–Crippen LogP) is 5.78. The standard InChI is InChI=1S/C41H61Br4NO15/c1-25-26-13-14-27(61-26)29(48)46(28(25)47)15-16-56-32(51)41(12,23-59-33(52)39(10,19-54-17-35(2,3)42)21-57-30(49)37(6,7)44)24-60-34(53)40(11,20-55-18-36(4,5)43)22-58-31(50)38(8,9)45/h13-14,25-27H,15-24H2,1-12H3/t25-,26?,27?,39?,40?,41?/m0/s1. The minimum atomic E-state index is -1.90. The Morgan fingerprint density at radius 2 is 0.902 bits per heavy atom. The van der Waals surface area contributed by atoms with Crippen LogP contribution >= 0.6 is 63.7 Å². The zero-order valence-electron chi connectivity index (χ0n) is 37.0. The average molecular weight is 1130 g/mol. The maximum atomic E-state index is 14.0. The fourth-order valence-electron chi connectivity index (χ4n) is 5.28. The molecule has 0 aromatic carbocycles. The first-order valence-corrected chi connectivity index (χ1v) is 22.8. The number of ether oxygens (including phenoxy) is 8. The van der Waals surface area contributed by atoms with Crippen LogP contribution in [0, 0.1) is 22.2 Å². The van der Waals surface area contributed by atoms with Crippen LogP contribution in [0.25, 0.3) is 0 Å². The molecule has 20 heteroatoms. The van der Waals surface area contributed by atoms with Crippen LogP contribution in [0.5, 0.6) is 0 Å². The first kappa shape index (κ1) is 55.2. The quantitative estimate of drug-likeness (QED) is 0.0371. The number of halogens is 4. The molecule has 1 saturated heterocycles. The van der Waals surface area contributed by atoms with Gasteiger partial charge in [0.25, 0.3) is 5.91 Å². The van der Waals surface area contributed by atoms with Gasteiger partial charge in [0.05, 0.1) is 45.0 Å². The van der Waals surface area contributed by atoms with Crippen LogP contribution in [0.15, 0.2) is 12.2 Å². The van der Waals surface area contributed by atoms with Crippen molar-refractivity contribution in [3.8, 4) is 0 Å². The molecule has 5 atom stereocenters. The van der Waals surface area contributed by atoms with Crippen LogP contribution in [0.2, 0.25) is 0 Å². The highest BCUT2D eigenvalue weighted by Gasteiger charge is 2.47. The molecule has 0 aliphatic carbocycles. The fraction of sp³-hybridized carbons (Fsp3) is 0.780. The highest BCUT2D eigenvalue weighted by molar-refractivity contribution is 9.10. The third-order valence-corrected chi connectivity index (χ3v) is 10.4. The molecule has 0 N–H and O–H groups in total. The summed E-state index contributed by atoms with van der Waals surface area (Å²) in [5, 5.41) is 0. The Bertz CT molecular complexity index is 1570. The Hall–Kier alpha value is -1.97. The van der Waals surface area contributed by atoms with Crippen molar-refractivity contribution in [3.05, 3.63) is 12.2 Å². The topological polar surface area (TPSA) is 197 Å². The molecule has 4 unspecified atom stereocenters. The molecular weight excluding hydrogens is 1070 g/mol. The predicted molar refractivity (Wildman–Crippen MR) is 236 cm³/mol. The van der Waals surface area contributed by atoms with Gasteiger partial charge in [-0.25, -0.2) is 0 Å². The number of amides is 2. The SMILES string of the molecule is C[C@@H]1C(=O)N(CCOC(=O)C(C)(COC(=O)C(C)(COCC(C)(C)Br)COC(=O)C(C)(C)Br)COC(=O)C(C)(COCC(C)(C)Br)COC(=O)C(C)(C)Br)C(=O)C2C=CC1O2. The van der Waals surface area contributed by atoms with Crippen LogP contribution in [-0.2, 0) is 71.5 Å².